The number of carbonyl (C=O) groups is 3. The summed E-state index contributed by atoms with van der Waals surface area (Å²) in [5.74, 6) is -2.18. The molecule has 0 aliphatic heterocycles. The molecular formula is C18H19NO6. The van der Waals surface area contributed by atoms with Gasteiger partial charge < -0.3 is 19.9 Å². The molecule has 7 nitrogen and oxygen atoms in total. The van der Waals surface area contributed by atoms with Gasteiger partial charge in [0.25, 0.3) is 5.91 Å². The Morgan fingerprint density at radius 3 is 2.52 bits per heavy atom. The van der Waals surface area contributed by atoms with Crippen molar-refractivity contribution in [3.8, 4) is 5.75 Å². The number of hydrogen-bond donors (Lipinski definition) is 2. The molecule has 0 bridgehead atoms. The van der Waals surface area contributed by atoms with Crippen molar-refractivity contribution in [2.75, 3.05) is 13.2 Å². The first-order valence-corrected chi connectivity index (χ1v) is 7.75. The highest BCUT2D eigenvalue weighted by atomic mass is 16.5. The van der Waals surface area contributed by atoms with Crippen LogP contribution in [0.5, 0.6) is 5.75 Å². The highest BCUT2D eigenvalue weighted by molar-refractivity contribution is 6.10. The third-order valence-corrected chi connectivity index (χ3v) is 3.47. The topological polar surface area (TPSA) is 102 Å². The molecule has 1 amide bonds. The van der Waals surface area contributed by atoms with Crippen molar-refractivity contribution in [3.05, 3.63) is 42.0 Å². The third-order valence-electron chi connectivity index (χ3n) is 3.47. The van der Waals surface area contributed by atoms with Crippen LogP contribution < -0.4 is 10.1 Å². The summed E-state index contributed by atoms with van der Waals surface area (Å²) >= 11 is 0. The molecule has 2 aromatic rings. The number of aliphatic carboxylic acids is 1. The van der Waals surface area contributed by atoms with Crippen LogP contribution in [0.15, 0.2) is 36.4 Å². The summed E-state index contributed by atoms with van der Waals surface area (Å²) in [4.78, 5) is 34.9. The molecule has 0 heterocycles. The number of carboxylic acids is 1. The maximum atomic E-state index is 12.7. The molecule has 0 aromatic heterocycles. The van der Waals surface area contributed by atoms with Gasteiger partial charge in [-0.25, -0.2) is 4.79 Å². The Bertz CT molecular complexity index is 801. The Kier molecular flexibility index (Phi) is 5.94. The highest BCUT2D eigenvalue weighted by Gasteiger charge is 2.25. The molecule has 0 aliphatic rings. The van der Waals surface area contributed by atoms with Crippen LogP contribution >= 0.6 is 0 Å². The Balaban J connectivity index is 2.37. The van der Waals surface area contributed by atoms with E-state index in [0.29, 0.717) is 17.7 Å². The molecule has 25 heavy (non-hydrogen) atoms. The number of benzene rings is 2. The molecule has 2 aromatic carbocycles. The summed E-state index contributed by atoms with van der Waals surface area (Å²) in [6.45, 7) is 2.86. The number of fused-ring (bicyclic) bond motifs is 1. The first-order valence-electron chi connectivity index (χ1n) is 7.75. The number of amides is 1. The minimum atomic E-state index is -1.36. The molecule has 7 heteroatoms. The second-order valence-electron chi connectivity index (χ2n) is 5.26. The van der Waals surface area contributed by atoms with Crippen LogP contribution in [0.25, 0.3) is 10.8 Å². The lowest BCUT2D eigenvalue weighted by Gasteiger charge is -2.17. The lowest BCUT2D eigenvalue weighted by molar-refractivity contribution is -0.146. The van der Waals surface area contributed by atoms with Crippen molar-refractivity contribution in [2.45, 2.75) is 19.9 Å². The van der Waals surface area contributed by atoms with Gasteiger partial charge in [0.15, 0.2) is 6.04 Å². The molecule has 0 unspecified atom stereocenters. The predicted molar refractivity (Wildman–Crippen MR) is 90.6 cm³/mol. The number of ether oxygens (including phenoxy) is 2. The second-order valence-corrected chi connectivity index (χ2v) is 5.26. The number of carbonyl (C=O) groups excluding carboxylic acids is 2. The molecule has 0 saturated heterocycles. The van der Waals surface area contributed by atoms with Crippen LogP contribution in [0.3, 0.4) is 0 Å². The molecule has 0 fully saturated rings. The van der Waals surface area contributed by atoms with E-state index in [1.54, 1.807) is 25.1 Å². The maximum Gasteiger partial charge on any atom is 0.329 e. The smallest absolute Gasteiger partial charge is 0.329 e. The zero-order valence-electron chi connectivity index (χ0n) is 13.9. The summed E-state index contributed by atoms with van der Waals surface area (Å²) in [5.41, 5.74) is 0.244. The van der Waals surface area contributed by atoms with Gasteiger partial charge in [-0.3, -0.25) is 9.59 Å². The third kappa shape index (κ3) is 4.47. The first-order chi connectivity index (χ1) is 11.9. The molecule has 0 spiro atoms. The van der Waals surface area contributed by atoms with Crippen LogP contribution in [-0.2, 0) is 14.3 Å². The lowest BCUT2D eigenvalue weighted by atomic mass is 10.0. The van der Waals surface area contributed by atoms with E-state index in [9.17, 15) is 19.5 Å². The SMILES string of the molecule is CCOc1ccc2ccccc2c1C(=O)N[C@@H](COC(C)=O)C(=O)O. The van der Waals surface area contributed by atoms with E-state index in [1.165, 1.54) is 6.92 Å². The van der Waals surface area contributed by atoms with Crippen LogP contribution in [0.1, 0.15) is 24.2 Å². The standard InChI is InChI=1S/C18H19NO6/c1-3-24-15-9-8-12-6-4-5-7-13(12)16(15)17(21)19-14(18(22)23)10-25-11(2)20/h4-9,14H,3,10H2,1-2H3,(H,19,21)(H,22,23)/t14-/m0/s1. The number of carboxylic acid groups (broad SMARTS) is 1. The summed E-state index contributed by atoms with van der Waals surface area (Å²) in [6.07, 6.45) is 0. The highest BCUT2D eigenvalue weighted by Crippen LogP contribution is 2.28. The summed E-state index contributed by atoms with van der Waals surface area (Å²) < 4.78 is 10.2. The summed E-state index contributed by atoms with van der Waals surface area (Å²) in [6, 6.07) is 9.36. The van der Waals surface area contributed by atoms with E-state index >= 15 is 0 Å². The fourth-order valence-electron chi connectivity index (χ4n) is 2.37. The number of esters is 1. The van der Waals surface area contributed by atoms with Gasteiger partial charge in [0, 0.05) is 6.92 Å². The lowest BCUT2D eigenvalue weighted by Crippen LogP contribution is -2.44. The molecule has 0 saturated carbocycles. The Morgan fingerprint density at radius 1 is 1.16 bits per heavy atom. The molecule has 0 aliphatic carbocycles. The van der Waals surface area contributed by atoms with E-state index < -0.39 is 30.5 Å². The average Bonchev–Trinajstić information content (AvgIpc) is 2.58. The van der Waals surface area contributed by atoms with E-state index in [4.69, 9.17) is 9.47 Å². The number of rotatable bonds is 7. The second kappa shape index (κ2) is 8.14. The zero-order valence-corrected chi connectivity index (χ0v) is 13.9. The minimum absolute atomic E-state index is 0.244. The van der Waals surface area contributed by atoms with E-state index in [-0.39, 0.29) is 5.56 Å². The van der Waals surface area contributed by atoms with Crippen LogP contribution in [0.2, 0.25) is 0 Å². The number of nitrogens with one attached hydrogen (secondary N) is 1. The van der Waals surface area contributed by atoms with Gasteiger partial charge in [-0.1, -0.05) is 30.3 Å². The Morgan fingerprint density at radius 2 is 1.88 bits per heavy atom. The van der Waals surface area contributed by atoms with Crippen LogP contribution in [0, 0.1) is 0 Å². The van der Waals surface area contributed by atoms with Crippen LogP contribution in [0.4, 0.5) is 0 Å². The monoisotopic (exact) mass is 345 g/mol. The summed E-state index contributed by atoms with van der Waals surface area (Å²) in [5, 5.41) is 13.1. The minimum Gasteiger partial charge on any atom is -0.493 e. The molecule has 1 atom stereocenters. The molecule has 0 radical (unpaired) electrons. The fourth-order valence-corrected chi connectivity index (χ4v) is 2.37. The Labute approximate surface area is 144 Å². The van der Waals surface area contributed by atoms with E-state index in [2.05, 4.69) is 5.32 Å². The van der Waals surface area contributed by atoms with Gasteiger partial charge in [0.2, 0.25) is 0 Å². The predicted octanol–water partition coefficient (Wildman–Crippen LogP) is 1.98. The van der Waals surface area contributed by atoms with Crippen molar-refractivity contribution in [1.29, 1.82) is 0 Å². The van der Waals surface area contributed by atoms with Crippen molar-refractivity contribution in [2.24, 2.45) is 0 Å². The van der Waals surface area contributed by atoms with Crippen LogP contribution in [-0.4, -0.2) is 42.2 Å². The van der Waals surface area contributed by atoms with Gasteiger partial charge in [0.1, 0.15) is 12.4 Å². The maximum absolute atomic E-state index is 12.7. The van der Waals surface area contributed by atoms with Crippen molar-refractivity contribution in [3.63, 3.8) is 0 Å². The van der Waals surface area contributed by atoms with Crippen molar-refractivity contribution >= 4 is 28.6 Å². The van der Waals surface area contributed by atoms with E-state index in [0.717, 1.165) is 5.39 Å². The zero-order chi connectivity index (χ0) is 18.4. The fraction of sp³-hybridized carbons (Fsp3) is 0.278. The van der Waals surface area contributed by atoms with Gasteiger partial charge in [-0.2, -0.15) is 0 Å². The largest absolute Gasteiger partial charge is 0.493 e. The van der Waals surface area contributed by atoms with Gasteiger partial charge in [-0.15, -0.1) is 0 Å². The average molecular weight is 345 g/mol. The van der Waals surface area contributed by atoms with Crippen molar-refractivity contribution < 1.29 is 29.0 Å². The van der Waals surface area contributed by atoms with Gasteiger partial charge in [0.05, 0.1) is 12.2 Å². The number of hydrogen-bond acceptors (Lipinski definition) is 5. The normalized spacial score (nSPS) is 11.6. The summed E-state index contributed by atoms with van der Waals surface area (Å²) in [7, 11) is 0. The molecular weight excluding hydrogens is 326 g/mol. The molecule has 2 N–H and O–H groups in total. The van der Waals surface area contributed by atoms with Gasteiger partial charge >= 0.3 is 11.9 Å². The first kappa shape index (κ1) is 18.3. The van der Waals surface area contributed by atoms with E-state index in [1.807, 2.05) is 18.2 Å². The quantitative estimate of drug-likeness (QED) is 0.744. The van der Waals surface area contributed by atoms with Crippen molar-refractivity contribution in [1.82, 2.24) is 5.32 Å². The Hall–Kier alpha value is -3.09. The molecule has 132 valence electrons. The van der Waals surface area contributed by atoms with Gasteiger partial charge in [-0.05, 0) is 23.8 Å². The molecule has 2 rings (SSSR count).